The minimum atomic E-state index is -0.114. The van der Waals surface area contributed by atoms with Crippen LogP contribution in [0.25, 0.3) is 10.2 Å². The number of hydrogen-bond donors (Lipinski definition) is 1. The molecule has 1 N–H and O–H groups in total. The molecule has 7 nitrogen and oxygen atoms in total. The number of piperazine rings is 1. The quantitative estimate of drug-likeness (QED) is 0.891. The number of carbonyl (C=O) groups excluding carboxylic acids is 2. The maximum absolute atomic E-state index is 12.3. The highest BCUT2D eigenvalue weighted by Crippen LogP contribution is 2.33. The van der Waals surface area contributed by atoms with Crippen LogP contribution in [0.5, 0.6) is 5.75 Å². The van der Waals surface area contributed by atoms with Crippen molar-refractivity contribution in [3.05, 3.63) is 18.2 Å². The molecule has 1 aliphatic rings. The number of anilines is 1. The van der Waals surface area contributed by atoms with Gasteiger partial charge in [-0.2, -0.15) is 0 Å². The van der Waals surface area contributed by atoms with Gasteiger partial charge in [0.2, 0.25) is 11.8 Å². The van der Waals surface area contributed by atoms with Gasteiger partial charge in [-0.25, -0.2) is 4.98 Å². The lowest BCUT2D eigenvalue weighted by Crippen LogP contribution is -2.52. The summed E-state index contributed by atoms with van der Waals surface area (Å²) >= 11 is 1.51. The molecular formula is C15H18N4O3S. The van der Waals surface area contributed by atoms with E-state index in [4.69, 9.17) is 4.74 Å². The van der Waals surface area contributed by atoms with Crippen LogP contribution in [-0.4, -0.2) is 62.0 Å². The van der Waals surface area contributed by atoms with Crippen LogP contribution < -0.4 is 15.0 Å². The van der Waals surface area contributed by atoms with Crippen LogP contribution in [0.4, 0.5) is 5.13 Å². The van der Waals surface area contributed by atoms with Gasteiger partial charge >= 0.3 is 0 Å². The summed E-state index contributed by atoms with van der Waals surface area (Å²) < 4.78 is 6.32. The van der Waals surface area contributed by atoms with Gasteiger partial charge in [-0.1, -0.05) is 17.4 Å². The fraction of sp³-hybridized carbons (Fsp3) is 0.400. The Morgan fingerprint density at radius 3 is 3.09 bits per heavy atom. The van der Waals surface area contributed by atoms with E-state index in [0.717, 1.165) is 21.1 Å². The molecule has 0 atom stereocenters. The highest BCUT2D eigenvalue weighted by Gasteiger charge is 2.23. The summed E-state index contributed by atoms with van der Waals surface area (Å²) in [5.41, 5.74) is 0.798. The van der Waals surface area contributed by atoms with E-state index in [1.807, 2.05) is 25.2 Å². The summed E-state index contributed by atoms with van der Waals surface area (Å²) in [6.07, 6.45) is 0. The van der Waals surface area contributed by atoms with Gasteiger partial charge in [0, 0.05) is 20.1 Å². The monoisotopic (exact) mass is 334 g/mol. The zero-order chi connectivity index (χ0) is 16.4. The molecule has 1 saturated heterocycles. The van der Waals surface area contributed by atoms with Gasteiger partial charge < -0.3 is 19.9 Å². The van der Waals surface area contributed by atoms with E-state index in [0.29, 0.717) is 13.1 Å². The molecule has 0 saturated carbocycles. The molecule has 0 radical (unpaired) electrons. The Morgan fingerprint density at radius 2 is 2.35 bits per heavy atom. The summed E-state index contributed by atoms with van der Waals surface area (Å²) in [5, 5.41) is 3.46. The van der Waals surface area contributed by atoms with Crippen molar-refractivity contribution in [2.75, 3.05) is 45.2 Å². The molecule has 122 valence electrons. The maximum Gasteiger partial charge on any atom is 0.242 e. The largest absolute Gasteiger partial charge is 0.494 e. The molecule has 2 aromatic rings. The third kappa shape index (κ3) is 3.21. The second-order valence-electron chi connectivity index (χ2n) is 5.32. The number of aromatic nitrogens is 1. The lowest BCUT2D eigenvalue weighted by molar-refractivity contribution is -0.137. The predicted molar refractivity (Wildman–Crippen MR) is 89.0 cm³/mol. The van der Waals surface area contributed by atoms with E-state index in [1.54, 1.807) is 16.9 Å². The van der Waals surface area contributed by atoms with E-state index in [2.05, 4.69) is 10.3 Å². The molecule has 3 rings (SSSR count). The summed E-state index contributed by atoms with van der Waals surface area (Å²) in [4.78, 5) is 31.6. The van der Waals surface area contributed by atoms with E-state index in [9.17, 15) is 9.59 Å². The van der Waals surface area contributed by atoms with E-state index < -0.39 is 0 Å². The zero-order valence-electron chi connectivity index (χ0n) is 13.0. The van der Waals surface area contributed by atoms with Gasteiger partial charge in [0.1, 0.15) is 11.3 Å². The first-order valence-corrected chi connectivity index (χ1v) is 8.09. The van der Waals surface area contributed by atoms with E-state index in [1.165, 1.54) is 11.3 Å². The normalized spacial score (nSPS) is 14.7. The summed E-state index contributed by atoms with van der Waals surface area (Å²) in [6.45, 7) is 1.37. The smallest absolute Gasteiger partial charge is 0.242 e. The van der Waals surface area contributed by atoms with Gasteiger partial charge in [-0.15, -0.1) is 0 Å². The van der Waals surface area contributed by atoms with Crippen molar-refractivity contribution < 1.29 is 14.3 Å². The molecular weight excluding hydrogens is 316 g/mol. The maximum atomic E-state index is 12.3. The summed E-state index contributed by atoms with van der Waals surface area (Å²) in [6, 6.07) is 5.76. The zero-order valence-corrected chi connectivity index (χ0v) is 13.9. The first kappa shape index (κ1) is 15.5. The number of ether oxygens (including phenoxy) is 1. The van der Waals surface area contributed by atoms with Gasteiger partial charge in [0.15, 0.2) is 5.13 Å². The number of methoxy groups -OCH3 is 1. The number of rotatable bonds is 4. The number of nitrogens with zero attached hydrogens (tertiary/aromatic N) is 3. The Bertz CT molecular complexity index is 745. The number of fused-ring (bicyclic) bond motifs is 1. The topological polar surface area (TPSA) is 74.8 Å². The SMILES string of the molecule is COc1cccc2sc(N(C)CC(=O)N3CCNC(=O)C3)nc12. The fourth-order valence-corrected chi connectivity index (χ4v) is 3.41. The number of para-hydroxylation sites is 1. The van der Waals surface area contributed by atoms with Crippen molar-refractivity contribution in [3.8, 4) is 5.75 Å². The first-order valence-electron chi connectivity index (χ1n) is 7.27. The molecule has 2 amide bonds. The predicted octanol–water partition coefficient (Wildman–Crippen LogP) is 0.699. The average molecular weight is 334 g/mol. The molecule has 1 fully saturated rings. The van der Waals surface area contributed by atoms with E-state index in [-0.39, 0.29) is 24.9 Å². The molecule has 2 heterocycles. The van der Waals surface area contributed by atoms with Crippen LogP contribution in [0.1, 0.15) is 0 Å². The highest BCUT2D eigenvalue weighted by molar-refractivity contribution is 7.22. The van der Waals surface area contributed by atoms with Crippen molar-refractivity contribution in [1.29, 1.82) is 0 Å². The number of likely N-dealkylation sites (N-methyl/N-ethyl adjacent to an activating group) is 1. The molecule has 0 bridgehead atoms. The van der Waals surface area contributed by atoms with Crippen molar-refractivity contribution in [3.63, 3.8) is 0 Å². The summed E-state index contributed by atoms with van der Waals surface area (Å²) in [7, 11) is 3.44. The molecule has 1 aromatic carbocycles. The summed E-state index contributed by atoms with van der Waals surface area (Å²) in [5.74, 6) is 0.531. The van der Waals surface area contributed by atoms with Crippen molar-refractivity contribution >= 4 is 38.5 Å². The van der Waals surface area contributed by atoms with Crippen LogP contribution in [0.15, 0.2) is 18.2 Å². The van der Waals surface area contributed by atoms with Crippen molar-refractivity contribution in [1.82, 2.24) is 15.2 Å². The minimum absolute atomic E-state index is 0.0754. The van der Waals surface area contributed by atoms with Crippen molar-refractivity contribution in [2.24, 2.45) is 0 Å². The van der Waals surface area contributed by atoms with Crippen molar-refractivity contribution in [2.45, 2.75) is 0 Å². The fourth-order valence-electron chi connectivity index (χ4n) is 2.46. The number of thiazole rings is 1. The third-order valence-corrected chi connectivity index (χ3v) is 4.82. The lowest BCUT2D eigenvalue weighted by atomic mass is 10.3. The number of nitrogens with one attached hydrogen (secondary N) is 1. The lowest BCUT2D eigenvalue weighted by Gasteiger charge is -2.28. The van der Waals surface area contributed by atoms with Crippen LogP contribution in [0.3, 0.4) is 0 Å². The Balaban J connectivity index is 1.74. The molecule has 0 aliphatic carbocycles. The third-order valence-electron chi connectivity index (χ3n) is 3.68. The molecule has 8 heteroatoms. The van der Waals surface area contributed by atoms with Gasteiger partial charge in [-0.05, 0) is 12.1 Å². The highest BCUT2D eigenvalue weighted by atomic mass is 32.1. The second-order valence-corrected chi connectivity index (χ2v) is 6.33. The first-order chi connectivity index (χ1) is 11.1. The van der Waals surface area contributed by atoms with Gasteiger partial charge in [-0.3, -0.25) is 9.59 Å². The number of hydrogen-bond acceptors (Lipinski definition) is 6. The number of carbonyl (C=O) groups is 2. The van der Waals surface area contributed by atoms with Crippen LogP contribution in [0.2, 0.25) is 0 Å². The Hall–Kier alpha value is -2.35. The molecule has 0 spiro atoms. The van der Waals surface area contributed by atoms with Crippen LogP contribution >= 0.6 is 11.3 Å². The second kappa shape index (κ2) is 6.41. The molecule has 1 aromatic heterocycles. The molecule has 0 unspecified atom stereocenters. The molecule has 1 aliphatic heterocycles. The standard InChI is InChI=1S/C15H18N4O3S/c1-18(9-13(21)19-7-6-16-12(20)8-19)15-17-14-10(22-2)4-3-5-11(14)23-15/h3-5H,6-9H2,1-2H3,(H,16,20). The van der Waals surface area contributed by atoms with E-state index >= 15 is 0 Å². The van der Waals surface area contributed by atoms with Gasteiger partial charge in [0.05, 0.1) is 24.9 Å². The number of amides is 2. The number of benzene rings is 1. The average Bonchev–Trinajstić information content (AvgIpc) is 2.99. The van der Waals surface area contributed by atoms with Crippen LogP contribution in [0, 0.1) is 0 Å². The Morgan fingerprint density at radius 1 is 1.52 bits per heavy atom. The van der Waals surface area contributed by atoms with Crippen LogP contribution in [-0.2, 0) is 9.59 Å². The van der Waals surface area contributed by atoms with Gasteiger partial charge in [0.25, 0.3) is 0 Å². The molecule has 23 heavy (non-hydrogen) atoms. The Labute approximate surface area is 137 Å². The minimum Gasteiger partial charge on any atom is -0.494 e. The Kier molecular flexibility index (Phi) is 4.33.